The molecule has 0 bridgehead atoms. The number of hydrogen-bond acceptors (Lipinski definition) is 0. The molecule has 0 aromatic carbocycles. The van der Waals surface area contributed by atoms with Crippen molar-refractivity contribution in [3.63, 3.8) is 0 Å². The molecule has 0 amide bonds. The monoisotopic (exact) mass is 356 g/mol. The second kappa shape index (κ2) is 8.58. The summed E-state index contributed by atoms with van der Waals surface area (Å²) in [5.74, 6) is 0. The van der Waals surface area contributed by atoms with Crippen LogP contribution in [-0.2, 0) is 19.2 Å². The Bertz CT molecular complexity index is 475. The molecule has 0 aromatic heterocycles. The summed E-state index contributed by atoms with van der Waals surface area (Å²) in [6.07, 6.45) is 14.5. The normalized spacial score (nSPS) is 17.3. The Morgan fingerprint density at radius 2 is 1.09 bits per heavy atom. The van der Waals surface area contributed by atoms with Crippen LogP contribution in [0.25, 0.3) is 0 Å². The predicted molar refractivity (Wildman–Crippen MR) is 89.7 cm³/mol. The van der Waals surface area contributed by atoms with Crippen LogP contribution in [0.2, 0.25) is 0 Å². The van der Waals surface area contributed by atoms with Gasteiger partial charge in [-0.05, 0) is 0 Å². The Hall–Kier alpha value is -0.466. The molecule has 0 aromatic rings. The summed E-state index contributed by atoms with van der Waals surface area (Å²) < 4.78 is 3.57. The molecule has 128 valence electrons. The number of rotatable bonds is 4. The summed E-state index contributed by atoms with van der Waals surface area (Å²) in [5, 5.41) is 0. The molecule has 0 aliphatic heterocycles. The van der Waals surface area contributed by atoms with Gasteiger partial charge in [-0.3, -0.25) is 0 Å². The zero-order valence-corrected chi connectivity index (χ0v) is 17.0. The minimum atomic E-state index is -0.0918. The van der Waals surface area contributed by atoms with Gasteiger partial charge in [0.2, 0.25) is 0 Å². The Labute approximate surface area is 149 Å². The standard InChI is InChI=1S/2C10H15.2FH.Ti/c2*1-10(2,3)8-9-6-4-5-7-9;;;/h2*4,6H,5,8H2,1-3H3;2*1H;/q;;;;+2/p-2. The van der Waals surface area contributed by atoms with Gasteiger partial charge in [0, 0.05) is 0 Å². The molecule has 0 saturated heterocycles. The minimum Gasteiger partial charge on any atom is -1.00 e. The van der Waals surface area contributed by atoms with Crippen molar-refractivity contribution in [1.29, 1.82) is 0 Å². The fourth-order valence-electron chi connectivity index (χ4n) is 3.02. The molecule has 23 heavy (non-hydrogen) atoms. The Morgan fingerprint density at radius 1 is 0.739 bits per heavy atom. The molecule has 0 fully saturated rings. The molecule has 3 heteroatoms. The van der Waals surface area contributed by atoms with Gasteiger partial charge < -0.3 is 9.41 Å². The smallest absolute Gasteiger partial charge is 1.00 e. The summed E-state index contributed by atoms with van der Waals surface area (Å²) in [6.45, 7) is 14.1. The van der Waals surface area contributed by atoms with Gasteiger partial charge in [-0.2, -0.15) is 0 Å². The fourth-order valence-corrected chi connectivity index (χ4v) is 5.31. The van der Waals surface area contributed by atoms with E-state index in [2.05, 4.69) is 65.8 Å². The van der Waals surface area contributed by atoms with Crippen molar-refractivity contribution in [3.8, 4) is 0 Å². The fraction of sp³-hybridized carbons (Fsp3) is 0.600. The van der Waals surface area contributed by atoms with Crippen molar-refractivity contribution in [2.24, 2.45) is 10.8 Å². The van der Waals surface area contributed by atoms with Crippen LogP contribution in [0.5, 0.6) is 0 Å². The van der Waals surface area contributed by atoms with Gasteiger partial charge in [0.25, 0.3) is 0 Å². The van der Waals surface area contributed by atoms with Crippen LogP contribution < -0.4 is 9.41 Å². The maximum atomic E-state index is 2.40. The van der Waals surface area contributed by atoms with Crippen molar-refractivity contribution in [3.05, 3.63) is 43.2 Å². The number of halogens is 2. The summed E-state index contributed by atoms with van der Waals surface area (Å²) >= 11 is -0.0918. The summed E-state index contributed by atoms with van der Waals surface area (Å²) in [6, 6.07) is 0. The Kier molecular flexibility index (Phi) is 8.40. The molecule has 2 aliphatic carbocycles. The van der Waals surface area contributed by atoms with Crippen molar-refractivity contribution in [2.75, 3.05) is 0 Å². The minimum absolute atomic E-state index is 0. The first-order valence-electron chi connectivity index (χ1n) is 8.18. The number of hydrogen-bond donors (Lipinski definition) is 0. The van der Waals surface area contributed by atoms with E-state index < -0.39 is 0 Å². The van der Waals surface area contributed by atoms with Gasteiger partial charge in [-0.25, -0.2) is 0 Å². The van der Waals surface area contributed by atoms with Crippen LogP contribution in [0.15, 0.2) is 43.2 Å². The summed E-state index contributed by atoms with van der Waals surface area (Å²) in [5.41, 5.74) is 4.10. The molecule has 0 nitrogen and oxygen atoms in total. The largest absolute Gasteiger partial charge is 1.00 e. The first kappa shape index (κ1) is 22.5. The molecular formula is C20H30F2Ti. The van der Waals surface area contributed by atoms with Gasteiger partial charge in [0.1, 0.15) is 0 Å². The van der Waals surface area contributed by atoms with Crippen LogP contribution in [0.4, 0.5) is 0 Å². The molecule has 2 aliphatic rings. The SMILES string of the molecule is CC(C)(C)CC1=[C]([Ti+2][C]2=C(CC(C)(C)C)C=CC2)CC=C1.[F-].[F-]. The van der Waals surface area contributed by atoms with Crippen molar-refractivity contribution in [2.45, 2.75) is 67.2 Å². The molecule has 0 radical (unpaired) electrons. The first-order valence-corrected chi connectivity index (χ1v) is 9.74. The maximum absolute atomic E-state index is 2.40. The van der Waals surface area contributed by atoms with E-state index in [1.54, 1.807) is 18.9 Å². The van der Waals surface area contributed by atoms with Crippen molar-refractivity contribution >= 4 is 0 Å². The third-order valence-corrected chi connectivity index (χ3v) is 6.38. The maximum Gasteiger partial charge on any atom is -1.00 e. The third kappa shape index (κ3) is 7.31. The van der Waals surface area contributed by atoms with Crippen LogP contribution in [-0.4, -0.2) is 0 Å². The molecule has 0 atom stereocenters. The topological polar surface area (TPSA) is 0 Å². The van der Waals surface area contributed by atoms with E-state index in [4.69, 9.17) is 0 Å². The molecule has 0 unspecified atom stereocenters. The van der Waals surface area contributed by atoms with Crippen molar-refractivity contribution in [1.82, 2.24) is 0 Å². The van der Waals surface area contributed by atoms with E-state index in [1.807, 2.05) is 0 Å². The van der Waals surface area contributed by atoms with Gasteiger partial charge in [-0.15, -0.1) is 0 Å². The van der Waals surface area contributed by atoms with E-state index in [1.165, 1.54) is 25.7 Å². The average molecular weight is 356 g/mol. The van der Waals surface area contributed by atoms with E-state index in [0.29, 0.717) is 10.8 Å². The van der Waals surface area contributed by atoms with Gasteiger partial charge in [-0.1, -0.05) is 0 Å². The predicted octanol–water partition coefficient (Wildman–Crippen LogP) is 0.377. The molecular weight excluding hydrogens is 326 g/mol. The zero-order valence-electron chi connectivity index (χ0n) is 15.4. The van der Waals surface area contributed by atoms with Gasteiger partial charge in [0.05, 0.1) is 0 Å². The molecule has 0 spiro atoms. The molecule has 0 N–H and O–H groups in total. The number of allylic oxidation sites excluding steroid dienone is 8. The van der Waals surface area contributed by atoms with Crippen LogP contribution in [0.3, 0.4) is 0 Å². The Balaban J connectivity index is 0.00000242. The molecule has 0 heterocycles. The quantitative estimate of drug-likeness (QED) is 0.639. The first-order chi connectivity index (χ1) is 9.64. The Morgan fingerprint density at radius 3 is 1.39 bits per heavy atom. The van der Waals surface area contributed by atoms with Crippen molar-refractivity contribution < 1.29 is 28.6 Å². The average Bonchev–Trinajstić information content (AvgIpc) is 2.86. The molecule has 2 rings (SSSR count). The van der Waals surface area contributed by atoms with E-state index in [0.717, 1.165) is 0 Å². The van der Waals surface area contributed by atoms with Crippen LogP contribution >= 0.6 is 0 Å². The second-order valence-electron chi connectivity index (χ2n) is 8.82. The van der Waals surface area contributed by atoms with E-state index in [-0.39, 0.29) is 28.6 Å². The summed E-state index contributed by atoms with van der Waals surface area (Å²) in [4.78, 5) is 0. The van der Waals surface area contributed by atoms with E-state index >= 15 is 0 Å². The third-order valence-electron chi connectivity index (χ3n) is 3.80. The zero-order chi connectivity index (χ0) is 15.7. The van der Waals surface area contributed by atoms with Gasteiger partial charge >= 0.3 is 140 Å². The van der Waals surface area contributed by atoms with Crippen LogP contribution in [0, 0.1) is 10.8 Å². The van der Waals surface area contributed by atoms with Gasteiger partial charge in [0.15, 0.2) is 0 Å². The van der Waals surface area contributed by atoms with Crippen LogP contribution in [0.1, 0.15) is 67.2 Å². The second-order valence-corrected chi connectivity index (χ2v) is 11.1. The summed E-state index contributed by atoms with van der Waals surface area (Å²) in [7, 11) is 0. The molecule has 0 saturated carbocycles. The van der Waals surface area contributed by atoms with E-state index in [9.17, 15) is 0 Å².